The molecule has 324 valence electrons. The van der Waals surface area contributed by atoms with E-state index in [1.165, 1.54) is 0 Å². The number of aryl methyl sites for hydroxylation is 2. The second-order valence-electron chi connectivity index (χ2n) is 14.5. The molecule has 0 atom stereocenters. The average molecular weight is 853 g/mol. The standard InChI is InChI=1S/C49H48N4O10/c1-9-62-48(54)34-26-32-30-16-11-13-18-36(30)52(44(32)42(50-34)28-22-38(56-3)46(60-7)39(23-28)57-4)20-15-21-53-37-19-14-12-17-31(37)33-27-35(49(55)63-10-2)51-43(45(33)53)29-24-40(58-5)47(61-8)41(25-29)59-6/h11-14,16-19,22-27H,9-10,15,20-21H2,1-8H3. The molecule has 4 aromatic heterocycles. The minimum absolute atomic E-state index is 0.176. The third-order valence-electron chi connectivity index (χ3n) is 11.1. The molecule has 0 bridgehead atoms. The smallest absolute Gasteiger partial charge is 0.356 e. The molecule has 0 fully saturated rings. The van der Waals surface area contributed by atoms with E-state index < -0.39 is 11.9 Å². The summed E-state index contributed by atoms with van der Waals surface area (Å²) in [6.07, 6.45) is 0.643. The lowest BCUT2D eigenvalue weighted by atomic mass is 10.0. The predicted octanol–water partition coefficient (Wildman–Crippen LogP) is 9.52. The van der Waals surface area contributed by atoms with E-state index in [1.807, 2.05) is 60.7 Å². The number of benzene rings is 4. The van der Waals surface area contributed by atoms with Crippen LogP contribution >= 0.6 is 0 Å². The summed E-state index contributed by atoms with van der Waals surface area (Å²) in [6.45, 7) is 5.02. The molecule has 14 heteroatoms. The molecule has 0 aliphatic heterocycles. The Morgan fingerprint density at radius 1 is 0.492 bits per heavy atom. The van der Waals surface area contributed by atoms with Gasteiger partial charge in [-0.15, -0.1) is 0 Å². The summed E-state index contributed by atoms with van der Waals surface area (Å²) in [5.74, 6) is 1.59. The molecule has 0 saturated carbocycles. The van der Waals surface area contributed by atoms with Gasteiger partial charge in [-0.05, 0) is 68.8 Å². The zero-order chi connectivity index (χ0) is 44.4. The fourth-order valence-corrected chi connectivity index (χ4v) is 8.46. The summed E-state index contributed by atoms with van der Waals surface area (Å²) < 4.78 is 49.8. The second-order valence-corrected chi connectivity index (χ2v) is 14.5. The first-order chi connectivity index (χ1) is 30.7. The van der Waals surface area contributed by atoms with Gasteiger partial charge in [0.25, 0.3) is 0 Å². The number of esters is 2. The Morgan fingerprint density at radius 2 is 0.857 bits per heavy atom. The Balaban J connectivity index is 1.33. The van der Waals surface area contributed by atoms with Crippen molar-refractivity contribution in [3.05, 3.63) is 96.3 Å². The molecule has 4 heterocycles. The molecule has 0 saturated heterocycles. The van der Waals surface area contributed by atoms with Gasteiger partial charge >= 0.3 is 11.9 Å². The summed E-state index contributed by atoms with van der Waals surface area (Å²) >= 11 is 0. The van der Waals surface area contributed by atoms with E-state index in [2.05, 4.69) is 21.3 Å². The first-order valence-corrected chi connectivity index (χ1v) is 20.5. The number of aromatic nitrogens is 4. The van der Waals surface area contributed by atoms with Crippen LogP contribution in [0.5, 0.6) is 34.5 Å². The zero-order valence-corrected chi connectivity index (χ0v) is 36.5. The highest BCUT2D eigenvalue weighted by atomic mass is 16.5. The molecular formula is C49H48N4O10. The van der Waals surface area contributed by atoms with Crippen LogP contribution in [-0.4, -0.2) is 86.9 Å². The SMILES string of the molecule is CCOC(=O)c1cc2c3ccccc3n(CCCn3c4ccccc4c4cc(C(=O)OCC)nc(-c5cc(OC)c(OC)c(OC)c5)c43)c2c(-c2cc(OC)c(OC)c(OC)c2)n1. The van der Waals surface area contributed by atoms with Crippen molar-refractivity contribution in [1.82, 2.24) is 19.1 Å². The van der Waals surface area contributed by atoms with Crippen LogP contribution in [0.4, 0.5) is 0 Å². The van der Waals surface area contributed by atoms with Crippen LogP contribution in [0.15, 0.2) is 84.9 Å². The summed E-state index contributed by atoms with van der Waals surface area (Å²) in [7, 11) is 9.35. The fraction of sp³-hybridized carbons (Fsp3) is 0.265. The van der Waals surface area contributed by atoms with Crippen molar-refractivity contribution in [2.45, 2.75) is 33.4 Å². The van der Waals surface area contributed by atoms with Crippen LogP contribution < -0.4 is 28.4 Å². The molecule has 14 nitrogen and oxygen atoms in total. The number of rotatable bonds is 16. The molecule has 0 spiro atoms. The van der Waals surface area contributed by atoms with Crippen molar-refractivity contribution in [3.8, 4) is 57.0 Å². The molecule has 0 N–H and O–H groups in total. The van der Waals surface area contributed by atoms with Crippen molar-refractivity contribution in [3.63, 3.8) is 0 Å². The maximum Gasteiger partial charge on any atom is 0.356 e. The van der Waals surface area contributed by atoms with E-state index >= 15 is 0 Å². The molecule has 8 rings (SSSR count). The van der Waals surface area contributed by atoms with Crippen LogP contribution in [0.1, 0.15) is 41.2 Å². The van der Waals surface area contributed by atoms with Crippen LogP contribution in [0.3, 0.4) is 0 Å². The number of hydrogen-bond donors (Lipinski definition) is 0. The van der Waals surface area contributed by atoms with Crippen molar-refractivity contribution in [1.29, 1.82) is 0 Å². The minimum Gasteiger partial charge on any atom is -0.493 e. The minimum atomic E-state index is -0.529. The van der Waals surface area contributed by atoms with E-state index in [4.69, 9.17) is 47.9 Å². The highest BCUT2D eigenvalue weighted by Gasteiger charge is 2.26. The lowest BCUT2D eigenvalue weighted by Crippen LogP contribution is -2.10. The van der Waals surface area contributed by atoms with E-state index in [0.29, 0.717) is 76.5 Å². The monoisotopic (exact) mass is 852 g/mol. The third kappa shape index (κ3) is 7.40. The Labute approximate surface area is 363 Å². The summed E-state index contributed by atoms with van der Waals surface area (Å²) in [5.41, 5.74) is 6.32. The number of para-hydroxylation sites is 2. The van der Waals surface area contributed by atoms with Gasteiger partial charge in [-0.25, -0.2) is 19.6 Å². The maximum absolute atomic E-state index is 13.4. The van der Waals surface area contributed by atoms with Gasteiger partial charge in [0.2, 0.25) is 11.5 Å². The first kappa shape index (κ1) is 42.2. The number of hydrogen-bond acceptors (Lipinski definition) is 12. The van der Waals surface area contributed by atoms with E-state index in [0.717, 1.165) is 43.6 Å². The van der Waals surface area contributed by atoms with Gasteiger partial charge in [0.1, 0.15) is 11.4 Å². The summed E-state index contributed by atoms with van der Waals surface area (Å²) in [5, 5.41) is 3.58. The van der Waals surface area contributed by atoms with Crippen LogP contribution in [0, 0.1) is 0 Å². The van der Waals surface area contributed by atoms with Crippen molar-refractivity contribution < 1.29 is 47.5 Å². The third-order valence-corrected chi connectivity index (χ3v) is 11.1. The molecule has 0 unspecified atom stereocenters. The van der Waals surface area contributed by atoms with Crippen LogP contribution in [0.2, 0.25) is 0 Å². The molecule has 0 amide bonds. The van der Waals surface area contributed by atoms with Crippen molar-refractivity contribution in [2.24, 2.45) is 0 Å². The van der Waals surface area contributed by atoms with Gasteiger partial charge in [-0.2, -0.15) is 0 Å². The van der Waals surface area contributed by atoms with Crippen LogP contribution in [0.25, 0.3) is 66.1 Å². The van der Waals surface area contributed by atoms with Gasteiger partial charge in [-0.3, -0.25) is 0 Å². The van der Waals surface area contributed by atoms with E-state index in [1.54, 1.807) is 68.6 Å². The summed E-state index contributed by atoms with van der Waals surface area (Å²) in [6, 6.07) is 27.1. The first-order valence-electron chi connectivity index (χ1n) is 20.5. The highest BCUT2D eigenvalue weighted by molar-refractivity contribution is 6.15. The Bertz CT molecular complexity index is 2790. The number of ether oxygens (including phenoxy) is 8. The second kappa shape index (κ2) is 17.9. The molecule has 0 radical (unpaired) electrons. The summed E-state index contributed by atoms with van der Waals surface area (Å²) in [4.78, 5) is 36.7. The molecule has 63 heavy (non-hydrogen) atoms. The maximum atomic E-state index is 13.4. The number of pyridine rings is 2. The predicted molar refractivity (Wildman–Crippen MR) is 241 cm³/mol. The normalized spacial score (nSPS) is 11.3. The van der Waals surface area contributed by atoms with Gasteiger partial charge in [0.15, 0.2) is 23.0 Å². The lowest BCUT2D eigenvalue weighted by Gasteiger charge is -2.17. The number of nitrogens with zero attached hydrogens (tertiary/aromatic N) is 4. The van der Waals surface area contributed by atoms with Crippen molar-refractivity contribution >= 4 is 55.6 Å². The average Bonchev–Trinajstić information content (AvgIpc) is 3.81. The fourth-order valence-electron chi connectivity index (χ4n) is 8.46. The van der Waals surface area contributed by atoms with Crippen LogP contribution in [-0.2, 0) is 22.6 Å². The Hall–Kier alpha value is -7.48. The zero-order valence-electron chi connectivity index (χ0n) is 36.5. The quantitative estimate of drug-likeness (QED) is 0.0854. The van der Waals surface area contributed by atoms with Gasteiger partial charge in [0.05, 0.1) is 78.3 Å². The molecule has 0 aliphatic rings. The number of carbonyl (C=O) groups excluding carboxylic acids is 2. The van der Waals surface area contributed by atoms with E-state index in [9.17, 15) is 9.59 Å². The van der Waals surface area contributed by atoms with Gasteiger partial charge in [0, 0.05) is 56.8 Å². The largest absolute Gasteiger partial charge is 0.493 e. The lowest BCUT2D eigenvalue weighted by molar-refractivity contribution is 0.0510. The molecular weight excluding hydrogens is 805 g/mol. The van der Waals surface area contributed by atoms with E-state index in [-0.39, 0.29) is 24.6 Å². The topological polar surface area (TPSA) is 144 Å². The Kier molecular flexibility index (Phi) is 12.0. The molecule has 8 aromatic rings. The van der Waals surface area contributed by atoms with Gasteiger partial charge < -0.3 is 47.0 Å². The molecule has 0 aliphatic carbocycles. The number of methoxy groups -OCH3 is 6. The number of fused-ring (bicyclic) bond motifs is 6. The Morgan fingerprint density at radius 3 is 1.19 bits per heavy atom. The van der Waals surface area contributed by atoms with Crippen molar-refractivity contribution in [2.75, 3.05) is 55.9 Å². The number of carbonyl (C=O) groups is 2. The molecule has 4 aromatic carbocycles. The highest BCUT2D eigenvalue weighted by Crippen LogP contribution is 2.46. The van der Waals surface area contributed by atoms with Gasteiger partial charge in [-0.1, -0.05) is 36.4 Å².